The van der Waals surface area contributed by atoms with E-state index in [1.165, 1.54) is 0 Å². The first-order valence-corrected chi connectivity index (χ1v) is 12.7. The van der Waals surface area contributed by atoms with Gasteiger partial charge in [0.1, 0.15) is 6.23 Å². The molecule has 2 atom stereocenters. The molecular formula is C27H37ClN6O2. The summed E-state index contributed by atoms with van der Waals surface area (Å²) in [7, 11) is 4.00. The molecule has 9 heteroatoms. The SMILES string of the molecule is Cc1cc(C(=O)N/C(N)=N/c2cccc(Cl)c2C[C@@H]2CCCCN(C(O)/C=C/CN(C)C)C2)ccn1. The van der Waals surface area contributed by atoms with Crippen LogP contribution in [0, 0.1) is 12.8 Å². The molecule has 2 aromatic rings. The molecule has 1 aromatic heterocycles. The first kappa shape index (κ1) is 27.8. The van der Waals surface area contributed by atoms with E-state index >= 15 is 0 Å². The number of likely N-dealkylation sites (tertiary alicyclic amines) is 1. The van der Waals surface area contributed by atoms with Crippen molar-refractivity contribution in [2.45, 2.75) is 38.8 Å². The number of nitrogens with zero attached hydrogens (tertiary/aromatic N) is 4. The quantitative estimate of drug-likeness (QED) is 0.284. The van der Waals surface area contributed by atoms with Gasteiger partial charge in [0.05, 0.1) is 5.69 Å². The fraction of sp³-hybridized carbons (Fsp3) is 0.444. The molecule has 0 spiro atoms. The van der Waals surface area contributed by atoms with Crippen molar-refractivity contribution in [3.63, 3.8) is 0 Å². The van der Waals surface area contributed by atoms with Gasteiger partial charge in [-0.05, 0) is 82.1 Å². The van der Waals surface area contributed by atoms with Crippen molar-refractivity contribution in [3.05, 3.63) is 70.5 Å². The summed E-state index contributed by atoms with van der Waals surface area (Å²) in [5.74, 6) is -0.0446. The van der Waals surface area contributed by atoms with Crippen LogP contribution < -0.4 is 11.1 Å². The van der Waals surface area contributed by atoms with Crippen LogP contribution in [0.1, 0.15) is 40.9 Å². The van der Waals surface area contributed by atoms with Crippen LogP contribution in [0.4, 0.5) is 5.69 Å². The zero-order valence-electron chi connectivity index (χ0n) is 21.3. The van der Waals surface area contributed by atoms with Crippen molar-refractivity contribution in [2.75, 3.05) is 33.7 Å². The highest BCUT2D eigenvalue weighted by Crippen LogP contribution is 2.32. The molecule has 2 heterocycles. The number of hydrogen-bond donors (Lipinski definition) is 3. The predicted octanol–water partition coefficient (Wildman–Crippen LogP) is 3.50. The Hall–Kier alpha value is -2.78. The van der Waals surface area contributed by atoms with Gasteiger partial charge in [0, 0.05) is 42.1 Å². The molecular weight excluding hydrogens is 476 g/mol. The van der Waals surface area contributed by atoms with E-state index in [-0.39, 0.29) is 11.9 Å². The average Bonchev–Trinajstić information content (AvgIpc) is 3.06. The van der Waals surface area contributed by atoms with E-state index in [1.54, 1.807) is 18.3 Å². The van der Waals surface area contributed by atoms with Gasteiger partial charge in [-0.2, -0.15) is 0 Å². The number of pyridine rings is 1. The summed E-state index contributed by atoms with van der Waals surface area (Å²) >= 11 is 6.61. The molecule has 8 nitrogen and oxygen atoms in total. The molecule has 36 heavy (non-hydrogen) atoms. The van der Waals surface area contributed by atoms with E-state index in [2.05, 4.69) is 25.1 Å². The Bertz CT molecular complexity index is 1090. The van der Waals surface area contributed by atoms with Crippen LogP contribution in [0.3, 0.4) is 0 Å². The number of aryl methyl sites for hydroxylation is 1. The number of benzene rings is 1. The maximum absolute atomic E-state index is 12.6. The van der Waals surface area contributed by atoms with Gasteiger partial charge >= 0.3 is 0 Å². The molecule has 1 amide bonds. The highest BCUT2D eigenvalue weighted by atomic mass is 35.5. The van der Waals surface area contributed by atoms with Crippen LogP contribution in [0.15, 0.2) is 53.7 Å². The van der Waals surface area contributed by atoms with E-state index < -0.39 is 6.23 Å². The first-order chi connectivity index (χ1) is 17.2. The maximum atomic E-state index is 12.6. The monoisotopic (exact) mass is 512 g/mol. The first-order valence-electron chi connectivity index (χ1n) is 12.3. The molecule has 4 N–H and O–H groups in total. The third kappa shape index (κ3) is 8.41. The van der Waals surface area contributed by atoms with Crippen molar-refractivity contribution in [2.24, 2.45) is 16.6 Å². The molecule has 1 aliphatic rings. The van der Waals surface area contributed by atoms with Gasteiger partial charge in [-0.15, -0.1) is 0 Å². The molecule has 0 bridgehead atoms. The Kier molecular flexibility index (Phi) is 10.4. The summed E-state index contributed by atoms with van der Waals surface area (Å²) < 4.78 is 0. The van der Waals surface area contributed by atoms with Crippen molar-refractivity contribution < 1.29 is 9.90 Å². The molecule has 0 radical (unpaired) electrons. The second-order valence-corrected chi connectivity index (χ2v) is 9.95. The summed E-state index contributed by atoms with van der Waals surface area (Å²) in [4.78, 5) is 25.3. The maximum Gasteiger partial charge on any atom is 0.258 e. The second-order valence-electron chi connectivity index (χ2n) is 9.54. The third-order valence-electron chi connectivity index (χ3n) is 6.18. The van der Waals surface area contributed by atoms with E-state index in [0.717, 1.165) is 50.2 Å². The fourth-order valence-corrected chi connectivity index (χ4v) is 4.61. The van der Waals surface area contributed by atoms with Gasteiger partial charge < -0.3 is 15.7 Å². The smallest absolute Gasteiger partial charge is 0.258 e. The lowest BCUT2D eigenvalue weighted by molar-refractivity contribution is 0.0351. The number of carbonyl (C=O) groups is 1. The minimum absolute atomic E-state index is 0.00178. The number of aliphatic imine (C=N–C) groups is 1. The molecule has 0 aliphatic carbocycles. The number of likely N-dealkylation sites (N-methyl/N-ethyl adjacent to an activating group) is 1. The van der Waals surface area contributed by atoms with Gasteiger partial charge in [-0.3, -0.25) is 20.0 Å². The normalized spacial score (nSPS) is 18.4. The van der Waals surface area contributed by atoms with Gasteiger partial charge in [0.15, 0.2) is 0 Å². The Morgan fingerprint density at radius 2 is 2.19 bits per heavy atom. The number of aliphatic hydroxyl groups excluding tert-OH is 1. The summed E-state index contributed by atoms with van der Waals surface area (Å²) in [6.45, 7) is 4.22. The van der Waals surface area contributed by atoms with Crippen LogP contribution in [0.5, 0.6) is 0 Å². The topological polar surface area (TPSA) is 107 Å². The molecule has 1 fully saturated rings. The lowest BCUT2D eigenvalue weighted by atomic mass is 9.93. The Labute approximate surface area is 218 Å². The van der Waals surface area contributed by atoms with Gasteiger partial charge in [-0.25, -0.2) is 4.99 Å². The van der Waals surface area contributed by atoms with E-state index in [9.17, 15) is 9.90 Å². The molecule has 1 aromatic carbocycles. The number of nitrogens with two attached hydrogens (primary N) is 1. The highest BCUT2D eigenvalue weighted by Gasteiger charge is 2.24. The Balaban J connectivity index is 1.73. The van der Waals surface area contributed by atoms with Crippen LogP contribution in [-0.4, -0.2) is 71.7 Å². The van der Waals surface area contributed by atoms with Crippen molar-refractivity contribution >= 4 is 29.2 Å². The van der Waals surface area contributed by atoms with Crippen LogP contribution >= 0.6 is 11.6 Å². The largest absolute Gasteiger partial charge is 0.375 e. The minimum atomic E-state index is -0.614. The molecule has 194 valence electrons. The summed E-state index contributed by atoms with van der Waals surface area (Å²) in [5, 5.41) is 14.0. The molecule has 1 saturated heterocycles. The zero-order chi connectivity index (χ0) is 26.1. The number of halogens is 1. The van der Waals surface area contributed by atoms with Crippen molar-refractivity contribution in [3.8, 4) is 0 Å². The number of carbonyl (C=O) groups excluding carboxylic acids is 1. The lowest BCUT2D eigenvalue weighted by Gasteiger charge is -2.28. The van der Waals surface area contributed by atoms with E-state index in [4.69, 9.17) is 17.3 Å². The van der Waals surface area contributed by atoms with Crippen molar-refractivity contribution in [1.82, 2.24) is 20.1 Å². The minimum Gasteiger partial charge on any atom is -0.375 e. The number of aliphatic hydroxyl groups is 1. The number of hydrogen-bond acceptors (Lipinski definition) is 6. The lowest BCUT2D eigenvalue weighted by Crippen LogP contribution is -2.37. The molecule has 1 aliphatic heterocycles. The van der Waals surface area contributed by atoms with Gasteiger partial charge in [0.2, 0.25) is 5.96 Å². The van der Waals surface area contributed by atoms with Crippen LogP contribution in [0.2, 0.25) is 5.02 Å². The number of amides is 1. The summed E-state index contributed by atoms with van der Waals surface area (Å²) in [6, 6.07) is 8.84. The predicted molar refractivity (Wildman–Crippen MR) is 145 cm³/mol. The van der Waals surface area contributed by atoms with Crippen LogP contribution in [-0.2, 0) is 6.42 Å². The van der Waals surface area contributed by atoms with Gasteiger partial charge in [0.25, 0.3) is 5.91 Å². The summed E-state index contributed by atoms with van der Waals surface area (Å²) in [5.41, 5.74) is 8.82. The average molecular weight is 513 g/mol. The Morgan fingerprint density at radius 1 is 1.39 bits per heavy atom. The summed E-state index contributed by atoms with van der Waals surface area (Å²) in [6.07, 6.45) is 8.68. The van der Waals surface area contributed by atoms with Crippen molar-refractivity contribution in [1.29, 1.82) is 0 Å². The van der Waals surface area contributed by atoms with E-state index in [0.29, 0.717) is 28.6 Å². The second kappa shape index (κ2) is 13.5. The fourth-order valence-electron chi connectivity index (χ4n) is 4.36. The third-order valence-corrected chi connectivity index (χ3v) is 6.54. The number of nitrogens with one attached hydrogen (secondary N) is 1. The van der Waals surface area contributed by atoms with Crippen LogP contribution in [0.25, 0.3) is 0 Å². The van der Waals surface area contributed by atoms with Gasteiger partial charge in [-0.1, -0.05) is 30.2 Å². The molecule has 3 rings (SSSR count). The Morgan fingerprint density at radius 3 is 2.94 bits per heavy atom. The molecule has 0 saturated carbocycles. The molecule has 1 unspecified atom stereocenters. The van der Waals surface area contributed by atoms with E-state index in [1.807, 2.05) is 51.4 Å². The highest BCUT2D eigenvalue weighted by molar-refractivity contribution is 6.31. The number of guanidine groups is 1. The number of rotatable bonds is 8. The zero-order valence-corrected chi connectivity index (χ0v) is 22.1. The standard InChI is InChI=1S/C27H37ClN6O2/c1-19-16-21(12-13-30-19)26(36)32-27(29)31-24-10-6-9-23(28)22(24)17-20-8-4-5-15-34(18-20)25(35)11-7-14-33(2)3/h6-7,9-13,16,20,25,35H,4-5,8,14-15,17-18H2,1-3H3,(H3,29,31,32,36)/b11-7+/t20-,25?/m0/s1. The number of aromatic nitrogens is 1.